The van der Waals surface area contributed by atoms with E-state index in [1.807, 2.05) is 13.8 Å². The van der Waals surface area contributed by atoms with Gasteiger partial charge in [-0.05, 0) is 108 Å². The summed E-state index contributed by atoms with van der Waals surface area (Å²) in [4.78, 5) is 15.0. The minimum Gasteiger partial charge on any atom is -0.440 e. The molecular weight excluding hydrogens is 749 g/mol. The molecule has 0 aliphatic heterocycles. The first kappa shape index (κ1) is 36.4. The van der Waals surface area contributed by atoms with E-state index in [0.717, 1.165) is 89.7 Å². The van der Waals surface area contributed by atoms with Crippen LogP contribution in [-0.4, -0.2) is 9.97 Å². The quantitative estimate of drug-likeness (QED) is 0.153. The third kappa shape index (κ3) is 5.70. The zero-order valence-corrected chi connectivity index (χ0v) is 34.4. The highest BCUT2D eigenvalue weighted by molar-refractivity contribution is 6.14. The van der Waals surface area contributed by atoms with Crippen LogP contribution >= 0.6 is 0 Å². The molecule has 10 aromatic rings. The van der Waals surface area contributed by atoms with Crippen molar-refractivity contribution in [3.05, 3.63) is 227 Å². The molecule has 0 amide bonds. The number of hydrogen-bond donors (Lipinski definition) is 0. The van der Waals surface area contributed by atoms with Crippen LogP contribution in [-0.2, 0) is 5.41 Å². The number of oxazole rings is 2. The summed E-state index contributed by atoms with van der Waals surface area (Å²) in [5, 5.41) is 0. The molecule has 0 unspecified atom stereocenters. The molecule has 0 saturated heterocycles. The maximum Gasteiger partial charge on any atom is 0.192 e. The summed E-state index contributed by atoms with van der Waals surface area (Å²) < 4.78 is 13.8. The van der Waals surface area contributed by atoms with Gasteiger partial charge in [0, 0.05) is 47.7 Å². The fourth-order valence-electron chi connectivity index (χ4n) is 9.62. The number of rotatable bonds is 8. The molecule has 0 N–H and O–H groups in total. The zero-order chi connectivity index (χ0) is 41.2. The van der Waals surface area contributed by atoms with Crippen molar-refractivity contribution in [3.8, 4) is 11.1 Å². The van der Waals surface area contributed by atoms with Crippen molar-refractivity contribution >= 4 is 56.3 Å². The van der Waals surface area contributed by atoms with Gasteiger partial charge < -0.3 is 18.6 Å². The van der Waals surface area contributed by atoms with Gasteiger partial charge >= 0.3 is 0 Å². The van der Waals surface area contributed by atoms with E-state index in [-0.39, 0.29) is 0 Å². The van der Waals surface area contributed by atoms with Gasteiger partial charge in [-0.25, -0.2) is 9.97 Å². The van der Waals surface area contributed by atoms with E-state index < -0.39 is 5.41 Å². The van der Waals surface area contributed by atoms with Gasteiger partial charge in [-0.15, -0.1) is 0 Å². The Morgan fingerprint density at radius 3 is 1.13 bits per heavy atom. The molecule has 2 aromatic heterocycles. The fraction of sp³-hybridized carbons (Fsp3) is 0.0909. The smallest absolute Gasteiger partial charge is 0.192 e. The predicted octanol–water partition coefficient (Wildman–Crippen LogP) is 14.5. The van der Waals surface area contributed by atoms with Gasteiger partial charge in [0.2, 0.25) is 0 Å². The molecule has 0 atom stereocenters. The summed E-state index contributed by atoms with van der Waals surface area (Å²) in [6, 6.07) is 64.8. The van der Waals surface area contributed by atoms with Crippen LogP contribution in [0.15, 0.2) is 191 Å². The Balaban J connectivity index is 1.33. The molecule has 0 saturated carbocycles. The van der Waals surface area contributed by atoms with Crippen molar-refractivity contribution in [1.82, 2.24) is 9.97 Å². The van der Waals surface area contributed by atoms with Crippen molar-refractivity contribution in [3.63, 3.8) is 0 Å². The van der Waals surface area contributed by atoms with E-state index in [1.54, 1.807) is 0 Å². The second kappa shape index (κ2) is 14.2. The average molecular weight is 791 g/mol. The Labute approximate surface area is 355 Å². The number of anilines is 6. The van der Waals surface area contributed by atoms with Gasteiger partial charge in [-0.3, -0.25) is 0 Å². The monoisotopic (exact) mass is 790 g/mol. The van der Waals surface area contributed by atoms with Gasteiger partial charge in [-0.2, -0.15) is 0 Å². The minimum atomic E-state index is -0.843. The van der Waals surface area contributed by atoms with Crippen LogP contribution in [0, 0.1) is 27.7 Å². The molecule has 8 aromatic carbocycles. The van der Waals surface area contributed by atoms with Crippen molar-refractivity contribution in [2.75, 3.05) is 9.80 Å². The van der Waals surface area contributed by atoms with E-state index in [0.29, 0.717) is 22.9 Å². The molecule has 294 valence electrons. The van der Waals surface area contributed by atoms with Crippen molar-refractivity contribution in [2.45, 2.75) is 33.1 Å². The van der Waals surface area contributed by atoms with Crippen LogP contribution in [0.3, 0.4) is 0 Å². The average Bonchev–Trinajstić information content (AvgIpc) is 3.96. The molecule has 6 heteroatoms. The Morgan fingerprint density at radius 1 is 0.393 bits per heavy atom. The second-order valence-electron chi connectivity index (χ2n) is 16.0. The number of aromatic nitrogens is 2. The van der Waals surface area contributed by atoms with Gasteiger partial charge in [0.05, 0.1) is 16.8 Å². The first-order valence-electron chi connectivity index (χ1n) is 20.7. The number of benzene rings is 8. The molecular formula is C55H42N4O2. The van der Waals surface area contributed by atoms with Crippen LogP contribution in [0.1, 0.15) is 45.2 Å². The molecule has 0 fully saturated rings. The summed E-state index contributed by atoms with van der Waals surface area (Å²) in [6.07, 6.45) is 0. The molecule has 1 aliphatic rings. The number of hydrogen-bond acceptors (Lipinski definition) is 6. The van der Waals surface area contributed by atoms with Gasteiger partial charge in [0.15, 0.2) is 22.9 Å². The molecule has 0 radical (unpaired) electrons. The van der Waals surface area contributed by atoms with E-state index >= 15 is 0 Å². The largest absolute Gasteiger partial charge is 0.440 e. The molecule has 0 spiro atoms. The number of aryl methyl sites for hydroxylation is 4. The molecule has 2 heterocycles. The third-order valence-electron chi connectivity index (χ3n) is 12.0. The molecule has 1 aliphatic carbocycles. The first-order valence-corrected chi connectivity index (χ1v) is 20.7. The maximum atomic E-state index is 6.89. The standard InChI is InChI=1S/C55H42N4O2/c1-35-19-17-29-43(31-35)58(41-25-13-7-14-26-41)47-33-45-49(53-51(47)56-37(3)60-53)50-46(55(45,39-21-9-5-10-22-39)40-23-11-6-12-24-40)34-48(52-54(50)61-38(4)57-52)59(42-27-15-8-16-28-42)44-30-18-20-36(2)32-44/h5-34H,1-4H3. The summed E-state index contributed by atoms with van der Waals surface area (Å²) >= 11 is 0. The van der Waals surface area contributed by atoms with Crippen molar-refractivity contribution in [2.24, 2.45) is 0 Å². The molecule has 6 nitrogen and oxygen atoms in total. The Hall–Kier alpha value is -7.70. The lowest BCUT2D eigenvalue weighted by molar-refractivity contribution is 0.558. The highest BCUT2D eigenvalue weighted by Crippen LogP contribution is 2.62. The second-order valence-corrected chi connectivity index (χ2v) is 16.0. The number of nitrogens with zero attached hydrogens (tertiary/aromatic N) is 4. The molecule has 0 bridgehead atoms. The van der Waals surface area contributed by atoms with Gasteiger partial charge in [0.25, 0.3) is 0 Å². The summed E-state index contributed by atoms with van der Waals surface area (Å²) in [7, 11) is 0. The summed E-state index contributed by atoms with van der Waals surface area (Å²) in [5.74, 6) is 1.16. The van der Waals surface area contributed by atoms with Gasteiger partial charge in [-0.1, -0.05) is 121 Å². The van der Waals surface area contributed by atoms with Gasteiger partial charge in [0.1, 0.15) is 11.0 Å². The van der Waals surface area contributed by atoms with E-state index in [1.165, 1.54) is 0 Å². The van der Waals surface area contributed by atoms with E-state index in [9.17, 15) is 0 Å². The number of fused-ring (bicyclic) bond motifs is 7. The molecule has 11 rings (SSSR count). The SMILES string of the molecule is Cc1cccc(N(c2ccccc2)c2cc3c(c4oc(C)nc24)-c2c(cc(N(c4ccccc4)c4cccc(C)c4)c4nc(C)oc24)C3(c2ccccc2)c2ccccc2)c1. The summed E-state index contributed by atoms with van der Waals surface area (Å²) in [5.41, 5.74) is 16.6. The predicted molar refractivity (Wildman–Crippen MR) is 247 cm³/mol. The zero-order valence-electron chi connectivity index (χ0n) is 34.4. The minimum absolute atomic E-state index is 0.580. The van der Waals surface area contributed by atoms with Crippen LogP contribution in [0.2, 0.25) is 0 Å². The molecule has 61 heavy (non-hydrogen) atoms. The Morgan fingerprint density at radius 2 is 0.754 bits per heavy atom. The van der Waals surface area contributed by atoms with Crippen molar-refractivity contribution in [1.29, 1.82) is 0 Å². The van der Waals surface area contributed by atoms with Crippen LogP contribution in [0.4, 0.5) is 34.1 Å². The fourth-order valence-corrected chi connectivity index (χ4v) is 9.62. The Kier molecular flexibility index (Phi) is 8.50. The Bertz CT molecular complexity index is 3030. The van der Waals surface area contributed by atoms with Crippen LogP contribution in [0.5, 0.6) is 0 Å². The summed E-state index contributed by atoms with van der Waals surface area (Å²) in [6.45, 7) is 8.14. The first-order chi connectivity index (χ1) is 29.9. The maximum absolute atomic E-state index is 6.89. The topological polar surface area (TPSA) is 58.5 Å². The van der Waals surface area contributed by atoms with Crippen molar-refractivity contribution < 1.29 is 8.83 Å². The number of para-hydroxylation sites is 2. The lowest BCUT2D eigenvalue weighted by Gasteiger charge is -2.35. The lowest BCUT2D eigenvalue weighted by atomic mass is 9.67. The highest BCUT2D eigenvalue weighted by atomic mass is 16.4. The normalized spacial score (nSPS) is 12.7. The highest BCUT2D eigenvalue weighted by Gasteiger charge is 2.50. The van der Waals surface area contributed by atoms with E-state index in [4.69, 9.17) is 18.8 Å². The van der Waals surface area contributed by atoms with Crippen LogP contribution in [0.25, 0.3) is 33.3 Å². The van der Waals surface area contributed by atoms with E-state index in [2.05, 4.69) is 206 Å². The lowest BCUT2D eigenvalue weighted by Crippen LogP contribution is -2.29. The third-order valence-corrected chi connectivity index (χ3v) is 12.0. The van der Waals surface area contributed by atoms with Crippen LogP contribution < -0.4 is 9.80 Å².